The Morgan fingerprint density at radius 3 is 2.38 bits per heavy atom. The maximum Gasteiger partial charge on any atom is 0.232 e. The molecule has 0 spiro atoms. The molecule has 0 fully saturated rings. The largest absolute Gasteiger partial charge is 0.379 e. The van der Waals surface area contributed by atoms with E-state index in [0.717, 1.165) is 17.2 Å². The van der Waals surface area contributed by atoms with Crippen LogP contribution in [0, 0.1) is 6.92 Å². The van der Waals surface area contributed by atoms with Gasteiger partial charge in [-0.3, -0.25) is 4.72 Å². The fourth-order valence-corrected chi connectivity index (χ4v) is 2.34. The molecule has 0 aliphatic carbocycles. The Labute approximate surface area is 124 Å². The van der Waals surface area contributed by atoms with Gasteiger partial charge in [-0.15, -0.1) is 0 Å². The highest BCUT2D eigenvalue weighted by molar-refractivity contribution is 7.92. The van der Waals surface area contributed by atoms with Crippen molar-refractivity contribution in [2.75, 3.05) is 15.8 Å². The van der Waals surface area contributed by atoms with E-state index in [0.29, 0.717) is 12.2 Å². The number of rotatable bonds is 6. The summed E-state index contributed by atoms with van der Waals surface area (Å²) in [6, 6.07) is 8.94. The smallest absolute Gasteiger partial charge is 0.232 e. The normalized spacial score (nSPS) is 11.1. The van der Waals surface area contributed by atoms with Crippen molar-refractivity contribution in [3.63, 3.8) is 0 Å². The molecule has 0 saturated heterocycles. The predicted molar refractivity (Wildman–Crippen MR) is 83.6 cm³/mol. The molecule has 112 valence electrons. The molecule has 0 bridgehead atoms. The first-order valence-corrected chi connectivity index (χ1v) is 8.27. The molecule has 2 aromatic rings. The van der Waals surface area contributed by atoms with E-state index < -0.39 is 10.0 Å². The van der Waals surface area contributed by atoms with Gasteiger partial charge in [0.2, 0.25) is 10.0 Å². The number of aromatic nitrogens is 2. The first-order valence-electron chi connectivity index (χ1n) is 6.61. The number of benzene rings is 1. The van der Waals surface area contributed by atoms with Crippen molar-refractivity contribution in [1.29, 1.82) is 0 Å². The van der Waals surface area contributed by atoms with Crippen molar-refractivity contribution in [3.8, 4) is 0 Å². The molecule has 2 rings (SSSR count). The van der Waals surface area contributed by atoms with Gasteiger partial charge in [0, 0.05) is 17.6 Å². The Morgan fingerprint density at radius 2 is 1.76 bits per heavy atom. The zero-order valence-corrected chi connectivity index (χ0v) is 12.8. The number of hydrogen-bond donors (Lipinski definition) is 2. The Kier molecular flexibility index (Phi) is 4.74. The Balaban J connectivity index is 1.96. The zero-order valence-electron chi connectivity index (χ0n) is 12.0. The van der Waals surface area contributed by atoms with Crippen molar-refractivity contribution >= 4 is 21.4 Å². The number of aryl methyl sites for hydroxylation is 1. The summed E-state index contributed by atoms with van der Waals surface area (Å²) < 4.78 is 25.4. The lowest BCUT2D eigenvalue weighted by atomic mass is 10.3. The maximum absolute atomic E-state index is 11.5. The van der Waals surface area contributed by atoms with E-state index in [1.807, 2.05) is 25.1 Å². The predicted octanol–water partition coefficient (Wildman–Crippen LogP) is 2.16. The van der Waals surface area contributed by atoms with E-state index in [-0.39, 0.29) is 5.75 Å². The zero-order chi connectivity index (χ0) is 15.3. The van der Waals surface area contributed by atoms with Crippen LogP contribution in [0.2, 0.25) is 0 Å². The lowest BCUT2D eigenvalue weighted by Crippen LogP contribution is -2.14. The average molecular weight is 306 g/mol. The molecule has 1 aromatic heterocycles. The SMILES string of the molecule is CCS(=O)(=O)Nc1ccc(NCc2ccnc(C)n2)cc1. The molecule has 0 amide bonds. The van der Waals surface area contributed by atoms with Crippen LogP contribution in [0.15, 0.2) is 36.5 Å². The van der Waals surface area contributed by atoms with Crippen molar-refractivity contribution < 1.29 is 8.42 Å². The Morgan fingerprint density at radius 1 is 1.10 bits per heavy atom. The van der Waals surface area contributed by atoms with Gasteiger partial charge in [-0.1, -0.05) is 0 Å². The molecule has 0 radical (unpaired) electrons. The van der Waals surface area contributed by atoms with Gasteiger partial charge < -0.3 is 5.32 Å². The van der Waals surface area contributed by atoms with Crippen LogP contribution in [0.4, 0.5) is 11.4 Å². The van der Waals surface area contributed by atoms with Gasteiger partial charge in [0.05, 0.1) is 18.0 Å². The Hall–Kier alpha value is -2.15. The maximum atomic E-state index is 11.5. The summed E-state index contributed by atoms with van der Waals surface area (Å²) in [5, 5.41) is 3.22. The van der Waals surface area contributed by atoms with Crippen LogP contribution in [-0.2, 0) is 16.6 Å². The van der Waals surface area contributed by atoms with Crippen LogP contribution in [0.3, 0.4) is 0 Å². The second kappa shape index (κ2) is 6.53. The van der Waals surface area contributed by atoms with Crippen molar-refractivity contribution in [2.24, 2.45) is 0 Å². The second-order valence-electron chi connectivity index (χ2n) is 4.53. The first kappa shape index (κ1) is 15.2. The molecule has 0 atom stereocenters. The monoisotopic (exact) mass is 306 g/mol. The van der Waals surface area contributed by atoms with Gasteiger partial charge in [-0.2, -0.15) is 0 Å². The number of nitrogens with one attached hydrogen (secondary N) is 2. The summed E-state index contributed by atoms with van der Waals surface area (Å²) in [5.41, 5.74) is 2.35. The number of hydrogen-bond acceptors (Lipinski definition) is 5. The highest BCUT2D eigenvalue weighted by Crippen LogP contribution is 2.15. The second-order valence-corrected chi connectivity index (χ2v) is 6.54. The molecule has 0 unspecified atom stereocenters. The van der Waals surface area contributed by atoms with Crippen molar-refractivity contribution in [1.82, 2.24) is 9.97 Å². The highest BCUT2D eigenvalue weighted by Gasteiger charge is 2.06. The van der Waals surface area contributed by atoms with Crippen LogP contribution in [0.25, 0.3) is 0 Å². The number of sulfonamides is 1. The lowest BCUT2D eigenvalue weighted by molar-refractivity contribution is 0.602. The average Bonchev–Trinajstić information content (AvgIpc) is 2.46. The summed E-state index contributed by atoms with van der Waals surface area (Å²) in [5.74, 6) is 0.790. The topological polar surface area (TPSA) is 84.0 Å². The van der Waals surface area contributed by atoms with Gasteiger partial charge in [0.25, 0.3) is 0 Å². The fourth-order valence-electron chi connectivity index (χ4n) is 1.70. The molecule has 0 aliphatic rings. The molecule has 7 heteroatoms. The summed E-state index contributed by atoms with van der Waals surface area (Å²) in [6.07, 6.45) is 1.72. The molecule has 6 nitrogen and oxygen atoms in total. The lowest BCUT2D eigenvalue weighted by Gasteiger charge is -2.09. The third-order valence-electron chi connectivity index (χ3n) is 2.85. The summed E-state index contributed by atoms with van der Waals surface area (Å²) >= 11 is 0. The quantitative estimate of drug-likeness (QED) is 0.854. The van der Waals surface area contributed by atoms with E-state index in [1.54, 1.807) is 25.3 Å². The van der Waals surface area contributed by atoms with Crippen molar-refractivity contribution in [2.45, 2.75) is 20.4 Å². The fraction of sp³-hybridized carbons (Fsp3) is 0.286. The van der Waals surface area contributed by atoms with Gasteiger partial charge in [0.1, 0.15) is 5.82 Å². The van der Waals surface area contributed by atoms with Crippen molar-refractivity contribution in [3.05, 3.63) is 48.0 Å². The van der Waals surface area contributed by atoms with Gasteiger partial charge in [-0.25, -0.2) is 18.4 Å². The molecule has 0 aliphatic heterocycles. The molecular weight excluding hydrogens is 288 g/mol. The van der Waals surface area contributed by atoms with E-state index >= 15 is 0 Å². The molecule has 1 heterocycles. The first-order chi connectivity index (χ1) is 9.98. The van der Waals surface area contributed by atoms with E-state index in [2.05, 4.69) is 20.0 Å². The minimum Gasteiger partial charge on any atom is -0.379 e. The Bertz CT molecular complexity index is 699. The third-order valence-corrected chi connectivity index (χ3v) is 4.15. The van der Waals surface area contributed by atoms with Gasteiger partial charge >= 0.3 is 0 Å². The summed E-state index contributed by atoms with van der Waals surface area (Å²) in [6.45, 7) is 4.03. The van der Waals surface area contributed by atoms with Crippen LogP contribution in [0.1, 0.15) is 18.4 Å². The van der Waals surface area contributed by atoms with E-state index in [4.69, 9.17) is 0 Å². The highest BCUT2D eigenvalue weighted by atomic mass is 32.2. The molecule has 2 N–H and O–H groups in total. The summed E-state index contributed by atoms with van der Waals surface area (Å²) in [7, 11) is -3.23. The number of nitrogens with zero attached hydrogens (tertiary/aromatic N) is 2. The molecular formula is C14H18N4O2S. The third kappa shape index (κ3) is 4.71. The van der Waals surface area contributed by atoms with Crippen LogP contribution < -0.4 is 10.0 Å². The standard InChI is InChI=1S/C14H18N4O2S/c1-3-21(19,20)18-13-6-4-12(5-7-13)16-10-14-8-9-15-11(2)17-14/h4-9,16,18H,3,10H2,1-2H3. The van der Waals surface area contributed by atoms with Crippen LogP contribution >= 0.6 is 0 Å². The van der Waals surface area contributed by atoms with Gasteiger partial charge in [0.15, 0.2) is 0 Å². The molecule has 1 aromatic carbocycles. The molecule has 21 heavy (non-hydrogen) atoms. The minimum atomic E-state index is -3.23. The van der Waals surface area contributed by atoms with E-state index in [1.165, 1.54) is 0 Å². The minimum absolute atomic E-state index is 0.0556. The van der Waals surface area contributed by atoms with Crippen LogP contribution in [-0.4, -0.2) is 24.1 Å². The number of anilines is 2. The van der Waals surface area contributed by atoms with E-state index in [9.17, 15) is 8.42 Å². The van der Waals surface area contributed by atoms with Gasteiger partial charge in [-0.05, 0) is 44.2 Å². The summed E-state index contributed by atoms with van der Waals surface area (Å²) in [4.78, 5) is 8.34. The van der Waals surface area contributed by atoms with Crippen LogP contribution in [0.5, 0.6) is 0 Å². The molecule has 0 saturated carbocycles.